The van der Waals surface area contributed by atoms with Crippen LogP contribution in [-0.4, -0.2) is 0 Å². The predicted molar refractivity (Wildman–Crippen MR) is 70.2 cm³/mol. The van der Waals surface area contributed by atoms with Crippen molar-refractivity contribution in [1.29, 1.82) is 0 Å². The van der Waals surface area contributed by atoms with E-state index < -0.39 is 0 Å². The lowest BCUT2D eigenvalue weighted by Gasteiger charge is -1.90. The quantitative estimate of drug-likeness (QED) is 0.771. The summed E-state index contributed by atoms with van der Waals surface area (Å²) in [7, 11) is 0. The molecule has 84 valence electrons. The molecule has 0 atom stereocenters. The van der Waals surface area contributed by atoms with Gasteiger partial charge in [0, 0.05) is 6.54 Å². The standard InChI is InChI=1S/C8H10.C7H9N/c1-7-4-3-5-8(2)6-7;8-6-7-4-2-1-3-5-7/h3-6H,1-2H3;1-5H,6,8H2. The molecule has 1 nitrogen and oxygen atoms in total. The van der Waals surface area contributed by atoms with E-state index in [1.807, 2.05) is 30.3 Å². The Morgan fingerprint density at radius 2 is 1.38 bits per heavy atom. The van der Waals surface area contributed by atoms with Gasteiger partial charge in [0.05, 0.1) is 0 Å². The zero-order chi connectivity index (χ0) is 11.8. The van der Waals surface area contributed by atoms with E-state index in [1.54, 1.807) is 0 Å². The third kappa shape index (κ3) is 4.76. The Morgan fingerprint density at radius 1 is 0.812 bits per heavy atom. The molecule has 0 aliphatic heterocycles. The second kappa shape index (κ2) is 6.81. The van der Waals surface area contributed by atoms with E-state index in [4.69, 9.17) is 5.73 Å². The van der Waals surface area contributed by atoms with Crippen molar-refractivity contribution >= 4 is 0 Å². The number of aryl methyl sites for hydroxylation is 2. The van der Waals surface area contributed by atoms with Crippen molar-refractivity contribution in [3.63, 3.8) is 0 Å². The average molecular weight is 213 g/mol. The van der Waals surface area contributed by atoms with Crippen LogP contribution in [0.3, 0.4) is 0 Å². The Balaban J connectivity index is 0.000000160. The van der Waals surface area contributed by atoms with Crippen molar-refractivity contribution in [3.8, 4) is 0 Å². The van der Waals surface area contributed by atoms with Gasteiger partial charge in [-0.05, 0) is 19.4 Å². The van der Waals surface area contributed by atoms with Gasteiger partial charge in [0.1, 0.15) is 0 Å². The summed E-state index contributed by atoms with van der Waals surface area (Å²) in [6, 6.07) is 18.4. The maximum Gasteiger partial charge on any atom is 0.0178 e. The number of hydrogen-bond donors (Lipinski definition) is 1. The second-order valence-corrected chi connectivity index (χ2v) is 3.85. The Kier molecular flexibility index (Phi) is 5.30. The number of hydrogen-bond acceptors (Lipinski definition) is 1. The molecule has 1 heteroatoms. The van der Waals surface area contributed by atoms with Gasteiger partial charge in [0.15, 0.2) is 0 Å². The van der Waals surface area contributed by atoms with Crippen molar-refractivity contribution in [2.75, 3.05) is 0 Å². The normalized spacial score (nSPS) is 9.19. The van der Waals surface area contributed by atoms with E-state index in [2.05, 4.69) is 38.1 Å². The van der Waals surface area contributed by atoms with Crippen LogP contribution in [-0.2, 0) is 6.54 Å². The molecule has 16 heavy (non-hydrogen) atoms. The molecule has 2 rings (SSSR count). The first-order valence-corrected chi connectivity index (χ1v) is 5.49. The van der Waals surface area contributed by atoms with Gasteiger partial charge in [-0.1, -0.05) is 65.7 Å². The van der Waals surface area contributed by atoms with Crippen LogP contribution in [0.4, 0.5) is 0 Å². The minimum atomic E-state index is 0.640. The van der Waals surface area contributed by atoms with Gasteiger partial charge in [-0.3, -0.25) is 0 Å². The first-order valence-electron chi connectivity index (χ1n) is 5.49. The molecular weight excluding hydrogens is 194 g/mol. The third-order valence-electron chi connectivity index (χ3n) is 2.25. The highest BCUT2D eigenvalue weighted by molar-refractivity contribution is 5.20. The van der Waals surface area contributed by atoms with Gasteiger partial charge in [-0.15, -0.1) is 0 Å². The van der Waals surface area contributed by atoms with Crippen molar-refractivity contribution < 1.29 is 0 Å². The van der Waals surface area contributed by atoms with Gasteiger partial charge >= 0.3 is 0 Å². The van der Waals surface area contributed by atoms with Crippen molar-refractivity contribution in [1.82, 2.24) is 0 Å². The van der Waals surface area contributed by atoms with E-state index in [0.29, 0.717) is 6.54 Å². The number of rotatable bonds is 1. The zero-order valence-corrected chi connectivity index (χ0v) is 9.98. The lowest BCUT2D eigenvalue weighted by Crippen LogP contribution is -1.94. The minimum Gasteiger partial charge on any atom is -0.326 e. The predicted octanol–water partition coefficient (Wildman–Crippen LogP) is 3.45. The van der Waals surface area contributed by atoms with Gasteiger partial charge in [0.25, 0.3) is 0 Å². The lowest BCUT2D eigenvalue weighted by atomic mass is 10.2. The van der Waals surface area contributed by atoms with Crippen LogP contribution < -0.4 is 5.73 Å². The second-order valence-electron chi connectivity index (χ2n) is 3.85. The monoisotopic (exact) mass is 213 g/mol. The maximum atomic E-state index is 5.35. The Bertz CT molecular complexity index is 390. The number of nitrogens with two attached hydrogens (primary N) is 1. The van der Waals surface area contributed by atoms with Crippen molar-refractivity contribution in [2.45, 2.75) is 20.4 Å². The third-order valence-corrected chi connectivity index (χ3v) is 2.25. The fourth-order valence-electron chi connectivity index (χ4n) is 1.42. The van der Waals surface area contributed by atoms with Crippen LogP contribution in [0.25, 0.3) is 0 Å². The van der Waals surface area contributed by atoms with Crippen LogP contribution in [0.5, 0.6) is 0 Å². The van der Waals surface area contributed by atoms with Gasteiger partial charge < -0.3 is 5.73 Å². The fraction of sp³-hybridized carbons (Fsp3) is 0.200. The summed E-state index contributed by atoms with van der Waals surface area (Å²) in [5, 5.41) is 0. The van der Waals surface area contributed by atoms with E-state index in [-0.39, 0.29) is 0 Å². The SMILES string of the molecule is Cc1cccc(C)c1.NCc1ccccc1. The molecule has 0 saturated heterocycles. The zero-order valence-electron chi connectivity index (χ0n) is 9.98. The van der Waals surface area contributed by atoms with Gasteiger partial charge in [0.2, 0.25) is 0 Å². The molecule has 0 aliphatic carbocycles. The van der Waals surface area contributed by atoms with Crippen LogP contribution in [0, 0.1) is 13.8 Å². The fourth-order valence-corrected chi connectivity index (χ4v) is 1.42. The van der Waals surface area contributed by atoms with E-state index in [9.17, 15) is 0 Å². The Morgan fingerprint density at radius 3 is 1.69 bits per heavy atom. The summed E-state index contributed by atoms with van der Waals surface area (Å²) < 4.78 is 0. The molecule has 0 saturated carbocycles. The Hall–Kier alpha value is -1.60. The summed E-state index contributed by atoms with van der Waals surface area (Å²) in [6.45, 7) is 4.85. The molecule has 0 amide bonds. The Labute approximate surface area is 97.9 Å². The van der Waals surface area contributed by atoms with Gasteiger partial charge in [-0.2, -0.15) is 0 Å². The molecule has 0 radical (unpaired) electrons. The van der Waals surface area contributed by atoms with E-state index in [0.717, 1.165) is 0 Å². The molecule has 2 aromatic carbocycles. The highest BCUT2D eigenvalue weighted by atomic mass is 14.5. The number of benzene rings is 2. The summed E-state index contributed by atoms with van der Waals surface area (Å²) >= 11 is 0. The highest BCUT2D eigenvalue weighted by Gasteiger charge is 1.81. The molecular formula is C15H19N. The molecule has 0 fully saturated rings. The molecule has 0 heterocycles. The summed E-state index contributed by atoms with van der Waals surface area (Å²) in [6.07, 6.45) is 0. The van der Waals surface area contributed by atoms with Crippen molar-refractivity contribution in [2.24, 2.45) is 5.73 Å². The summed E-state index contributed by atoms with van der Waals surface area (Å²) in [5.74, 6) is 0. The minimum absolute atomic E-state index is 0.640. The van der Waals surface area contributed by atoms with Gasteiger partial charge in [-0.25, -0.2) is 0 Å². The molecule has 2 aromatic rings. The van der Waals surface area contributed by atoms with Crippen LogP contribution in [0.15, 0.2) is 54.6 Å². The molecule has 0 spiro atoms. The maximum absolute atomic E-state index is 5.35. The first kappa shape index (κ1) is 12.5. The van der Waals surface area contributed by atoms with Crippen LogP contribution >= 0.6 is 0 Å². The first-order chi connectivity index (χ1) is 7.72. The van der Waals surface area contributed by atoms with E-state index >= 15 is 0 Å². The molecule has 0 aliphatic rings. The molecule has 0 aromatic heterocycles. The molecule has 0 unspecified atom stereocenters. The molecule has 0 bridgehead atoms. The topological polar surface area (TPSA) is 26.0 Å². The smallest absolute Gasteiger partial charge is 0.0178 e. The van der Waals surface area contributed by atoms with Crippen LogP contribution in [0.2, 0.25) is 0 Å². The summed E-state index contributed by atoms with van der Waals surface area (Å²) in [4.78, 5) is 0. The molecule has 2 N–H and O–H groups in total. The lowest BCUT2D eigenvalue weighted by molar-refractivity contribution is 1.07. The summed E-state index contributed by atoms with van der Waals surface area (Å²) in [5.41, 5.74) is 9.21. The van der Waals surface area contributed by atoms with Crippen molar-refractivity contribution in [3.05, 3.63) is 71.3 Å². The van der Waals surface area contributed by atoms with Crippen LogP contribution in [0.1, 0.15) is 16.7 Å². The van der Waals surface area contributed by atoms with E-state index in [1.165, 1.54) is 16.7 Å². The largest absolute Gasteiger partial charge is 0.326 e. The average Bonchev–Trinajstić information content (AvgIpc) is 2.31. The highest BCUT2D eigenvalue weighted by Crippen LogP contribution is 2.00.